The Labute approximate surface area is 109 Å². The zero-order valence-corrected chi connectivity index (χ0v) is 11.4. The van der Waals surface area contributed by atoms with Gasteiger partial charge in [0.2, 0.25) is 0 Å². The molecule has 102 valence electrons. The Morgan fingerprint density at radius 3 is 2.72 bits per heavy atom. The van der Waals surface area contributed by atoms with Crippen LogP contribution < -0.4 is 14.8 Å². The third-order valence-corrected chi connectivity index (χ3v) is 2.46. The Bertz CT molecular complexity index is 353. The van der Waals surface area contributed by atoms with E-state index in [1.807, 2.05) is 32.0 Å². The molecule has 0 fully saturated rings. The molecule has 4 nitrogen and oxygen atoms in total. The molecule has 0 aliphatic heterocycles. The quantitative estimate of drug-likeness (QED) is 0.695. The summed E-state index contributed by atoms with van der Waals surface area (Å²) in [4.78, 5) is 0. The lowest BCUT2D eigenvalue weighted by Gasteiger charge is -2.15. The Morgan fingerprint density at radius 1 is 1.33 bits per heavy atom. The van der Waals surface area contributed by atoms with Crippen molar-refractivity contribution in [2.24, 2.45) is 0 Å². The maximum atomic E-state index is 8.72. The van der Waals surface area contributed by atoms with Crippen molar-refractivity contribution < 1.29 is 14.6 Å². The minimum absolute atomic E-state index is 0.133. The van der Waals surface area contributed by atoms with Gasteiger partial charge in [0.25, 0.3) is 0 Å². The second-order valence-corrected chi connectivity index (χ2v) is 4.39. The molecule has 0 heterocycles. The first-order valence-corrected chi connectivity index (χ1v) is 6.32. The molecule has 0 aromatic heterocycles. The van der Waals surface area contributed by atoms with Crippen LogP contribution in [0.2, 0.25) is 0 Å². The molecule has 0 saturated carbocycles. The van der Waals surface area contributed by atoms with Gasteiger partial charge in [-0.1, -0.05) is 6.07 Å². The number of nitrogens with one attached hydrogen (secondary N) is 1. The summed E-state index contributed by atoms with van der Waals surface area (Å²) in [5.74, 6) is 1.64. The van der Waals surface area contributed by atoms with Gasteiger partial charge in [-0.2, -0.15) is 0 Å². The van der Waals surface area contributed by atoms with Crippen molar-refractivity contribution >= 4 is 0 Å². The topological polar surface area (TPSA) is 50.7 Å². The van der Waals surface area contributed by atoms with Crippen molar-refractivity contribution in [1.82, 2.24) is 5.32 Å². The molecule has 1 rings (SSSR count). The summed E-state index contributed by atoms with van der Waals surface area (Å²) >= 11 is 0. The molecule has 0 saturated heterocycles. The highest BCUT2D eigenvalue weighted by Gasteiger charge is 2.07. The molecule has 1 aromatic carbocycles. The smallest absolute Gasteiger partial charge is 0.127 e. The lowest BCUT2D eigenvalue weighted by atomic mass is 10.2. The van der Waals surface area contributed by atoms with E-state index in [9.17, 15) is 0 Å². The largest absolute Gasteiger partial charge is 0.497 e. The van der Waals surface area contributed by atoms with Crippen LogP contribution in [0.15, 0.2) is 18.2 Å². The predicted molar refractivity (Wildman–Crippen MR) is 72.2 cm³/mol. The van der Waals surface area contributed by atoms with Gasteiger partial charge in [0.05, 0.1) is 13.2 Å². The first-order chi connectivity index (χ1) is 8.67. The van der Waals surface area contributed by atoms with Crippen LogP contribution in [0.3, 0.4) is 0 Å². The van der Waals surface area contributed by atoms with Crippen LogP contribution in [-0.4, -0.2) is 31.5 Å². The molecular formula is C14H23NO3. The lowest BCUT2D eigenvalue weighted by molar-refractivity contribution is 0.238. The molecule has 18 heavy (non-hydrogen) atoms. The lowest BCUT2D eigenvalue weighted by Crippen LogP contribution is -2.17. The van der Waals surface area contributed by atoms with E-state index in [-0.39, 0.29) is 12.7 Å². The van der Waals surface area contributed by atoms with E-state index in [0.717, 1.165) is 36.6 Å². The van der Waals surface area contributed by atoms with Gasteiger partial charge in [0.15, 0.2) is 0 Å². The number of rotatable bonds is 8. The number of hydrogen-bond donors (Lipinski definition) is 2. The van der Waals surface area contributed by atoms with E-state index in [1.165, 1.54) is 0 Å². The zero-order valence-electron chi connectivity index (χ0n) is 11.4. The van der Waals surface area contributed by atoms with Crippen molar-refractivity contribution in [1.29, 1.82) is 0 Å². The van der Waals surface area contributed by atoms with Crippen molar-refractivity contribution in [3.63, 3.8) is 0 Å². The third kappa shape index (κ3) is 4.94. The molecule has 4 heteroatoms. The Morgan fingerprint density at radius 2 is 2.11 bits per heavy atom. The van der Waals surface area contributed by atoms with E-state index < -0.39 is 0 Å². The predicted octanol–water partition coefficient (Wildman–Crippen LogP) is 1.95. The first-order valence-electron chi connectivity index (χ1n) is 6.32. The average molecular weight is 253 g/mol. The van der Waals surface area contributed by atoms with E-state index in [1.54, 1.807) is 7.11 Å². The minimum atomic E-state index is 0.133. The average Bonchev–Trinajstić information content (AvgIpc) is 2.35. The van der Waals surface area contributed by atoms with E-state index in [4.69, 9.17) is 14.6 Å². The summed E-state index contributed by atoms with van der Waals surface area (Å²) in [6.45, 7) is 5.74. The van der Waals surface area contributed by atoms with Crippen molar-refractivity contribution in [3.8, 4) is 11.5 Å². The fraction of sp³-hybridized carbons (Fsp3) is 0.571. The van der Waals surface area contributed by atoms with Crippen LogP contribution in [0, 0.1) is 0 Å². The van der Waals surface area contributed by atoms with Crippen molar-refractivity contribution in [2.75, 3.05) is 20.3 Å². The van der Waals surface area contributed by atoms with Crippen LogP contribution >= 0.6 is 0 Å². The maximum Gasteiger partial charge on any atom is 0.127 e. The van der Waals surface area contributed by atoms with Gasteiger partial charge in [-0.05, 0) is 32.9 Å². The van der Waals surface area contributed by atoms with E-state index >= 15 is 0 Å². The van der Waals surface area contributed by atoms with E-state index in [2.05, 4.69) is 5.32 Å². The van der Waals surface area contributed by atoms with Gasteiger partial charge >= 0.3 is 0 Å². The highest BCUT2D eigenvalue weighted by molar-refractivity contribution is 5.40. The van der Waals surface area contributed by atoms with Crippen LogP contribution in [0.25, 0.3) is 0 Å². The van der Waals surface area contributed by atoms with Gasteiger partial charge in [0.1, 0.15) is 11.5 Å². The third-order valence-electron chi connectivity index (χ3n) is 2.46. The van der Waals surface area contributed by atoms with Crippen LogP contribution in [0.5, 0.6) is 11.5 Å². The standard InChI is InChI=1S/C14H23NO3/c1-11(2)18-14-9-13(17-3)6-5-12(14)10-15-7-4-8-16/h5-6,9,11,15-16H,4,7-8,10H2,1-3H3. The summed E-state index contributed by atoms with van der Waals surface area (Å²) in [5.41, 5.74) is 1.10. The molecule has 1 aromatic rings. The molecule has 0 bridgehead atoms. The highest BCUT2D eigenvalue weighted by Crippen LogP contribution is 2.25. The summed E-state index contributed by atoms with van der Waals surface area (Å²) < 4.78 is 11.0. The summed E-state index contributed by atoms with van der Waals surface area (Å²) in [7, 11) is 1.65. The Hall–Kier alpha value is -1.26. The molecule has 0 radical (unpaired) electrons. The second kappa shape index (κ2) is 7.95. The molecule has 0 aliphatic carbocycles. The fourth-order valence-electron chi connectivity index (χ4n) is 1.60. The number of methoxy groups -OCH3 is 1. The summed E-state index contributed by atoms with van der Waals surface area (Å²) in [6, 6.07) is 5.84. The molecule has 0 aliphatic rings. The number of aliphatic hydroxyl groups is 1. The number of benzene rings is 1. The van der Waals surface area contributed by atoms with Gasteiger partial charge in [-0.25, -0.2) is 0 Å². The molecule has 0 unspecified atom stereocenters. The normalized spacial score (nSPS) is 10.7. The highest BCUT2D eigenvalue weighted by atomic mass is 16.5. The van der Waals surface area contributed by atoms with Crippen molar-refractivity contribution in [3.05, 3.63) is 23.8 Å². The van der Waals surface area contributed by atoms with Gasteiger partial charge in [0, 0.05) is 24.8 Å². The van der Waals surface area contributed by atoms with Gasteiger partial charge in [-0.3, -0.25) is 0 Å². The Balaban J connectivity index is 2.68. The van der Waals surface area contributed by atoms with Crippen LogP contribution in [0.1, 0.15) is 25.8 Å². The molecule has 0 spiro atoms. The van der Waals surface area contributed by atoms with Crippen molar-refractivity contribution in [2.45, 2.75) is 32.9 Å². The Kier molecular flexibility index (Phi) is 6.54. The minimum Gasteiger partial charge on any atom is -0.497 e. The second-order valence-electron chi connectivity index (χ2n) is 4.39. The van der Waals surface area contributed by atoms with Crippen LogP contribution in [-0.2, 0) is 6.54 Å². The number of ether oxygens (including phenoxy) is 2. The first kappa shape index (κ1) is 14.8. The SMILES string of the molecule is COc1ccc(CNCCCO)c(OC(C)C)c1. The molecule has 0 amide bonds. The molecule has 2 N–H and O–H groups in total. The number of aliphatic hydroxyl groups excluding tert-OH is 1. The summed E-state index contributed by atoms with van der Waals surface area (Å²) in [6.07, 6.45) is 0.893. The van der Waals surface area contributed by atoms with Gasteiger partial charge < -0.3 is 19.9 Å². The van der Waals surface area contributed by atoms with Gasteiger partial charge in [-0.15, -0.1) is 0 Å². The zero-order chi connectivity index (χ0) is 13.4. The maximum absolute atomic E-state index is 8.72. The summed E-state index contributed by atoms with van der Waals surface area (Å²) in [5, 5.41) is 12.0. The monoisotopic (exact) mass is 253 g/mol. The molecule has 0 atom stereocenters. The fourth-order valence-corrected chi connectivity index (χ4v) is 1.60. The number of hydrogen-bond acceptors (Lipinski definition) is 4. The van der Waals surface area contributed by atoms with Crippen LogP contribution in [0.4, 0.5) is 0 Å². The van der Waals surface area contributed by atoms with E-state index in [0.29, 0.717) is 0 Å². The molecular weight excluding hydrogens is 230 g/mol.